The van der Waals surface area contributed by atoms with Gasteiger partial charge in [0.1, 0.15) is 17.7 Å². The minimum atomic E-state index is -1.14. The lowest BCUT2D eigenvalue weighted by atomic mass is 10.1. The molecule has 0 spiro atoms. The molecule has 2 atom stereocenters. The van der Waals surface area contributed by atoms with Crippen LogP contribution in [0.25, 0.3) is 16.8 Å². The molecule has 3 heterocycles. The lowest BCUT2D eigenvalue weighted by Crippen LogP contribution is -2.44. The van der Waals surface area contributed by atoms with Crippen molar-refractivity contribution in [1.82, 2.24) is 9.38 Å². The molecular formula is C25H21F2N3O3S. The number of ether oxygens (including phenoxy) is 1. The van der Waals surface area contributed by atoms with Crippen LogP contribution in [0.2, 0.25) is 0 Å². The fourth-order valence-corrected chi connectivity index (χ4v) is 4.68. The van der Waals surface area contributed by atoms with Crippen molar-refractivity contribution in [3.05, 3.63) is 77.8 Å². The van der Waals surface area contributed by atoms with E-state index in [0.717, 1.165) is 0 Å². The van der Waals surface area contributed by atoms with Crippen LogP contribution in [0, 0.1) is 18.6 Å². The number of hydrogen-bond acceptors (Lipinski definition) is 4. The predicted molar refractivity (Wildman–Crippen MR) is 125 cm³/mol. The molecule has 0 aliphatic carbocycles. The van der Waals surface area contributed by atoms with E-state index >= 15 is 0 Å². The molecule has 5 rings (SSSR count). The lowest BCUT2D eigenvalue weighted by molar-refractivity contribution is -0.125. The summed E-state index contributed by atoms with van der Waals surface area (Å²) in [6, 6.07) is 12.6. The van der Waals surface area contributed by atoms with Gasteiger partial charge in [-0.1, -0.05) is 6.07 Å². The molecule has 2 aromatic carbocycles. The standard InChI is InChI=1S/C25H21F2N3O3S/c1-14-22(13-30-21-6-4-5-19(26)24(21)33-15(2)25(30)31)29-12-18(20(27)11-23(29)28-14)16-7-9-17(10-8-16)34(3)32/h4-12,15H,13H2,1-3H3/t15-,34?/m1/s1. The van der Waals surface area contributed by atoms with Gasteiger partial charge in [0.2, 0.25) is 0 Å². The molecule has 0 bridgehead atoms. The maximum atomic E-state index is 15.0. The van der Waals surface area contributed by atoms with Crippen molar-refractivity contribution in [2.75, 3.05) is 11.2 Å². The Morgan fingerprint density at radius 1 is 1.15 bits per heavy atom. The summed E-state index contributed by atoms with van der Waals surface area (Å²) in [5.74, 6) is -1.27. The second-order valence-electron chi connectivity index (χ2n) is 8.16. The molecule has 1 aliphatic heterocycles. The maximum absolute atomic E-state index is 15.0. The number of aromatic nitrogens is 2. The summed E-state index contributed by atoms with van der Waals surface area (Å²) in [5, 5.41) is 0. The quantitative estimate of drug-likeness (QED) is 0.398. The predicted octanol–water partition coefficient (Wildman–Crippen LogP) is 4.64. The maximum Gasteiger partial charge on any atom is 0.268 e. The van der Waals surface area contributed by atoms with Crippen molar-refractivity contribution in [3.8, 4) is 16.9 Å². The van der Waals surface area contributed by atoms with E-state index in [1.807, 2.05) is 0 Å². The van der Waals surface area contributed by atoms with Crippen LogP contribution in [0.15, 0.2) is 59.6 Å². The molecule has 9 heteroatoms. The van der Waals surface area contributed by atoms with Crippen molar-refractivity contribution >= 4 is 28.4 Å². The normalized spacial score (nSPS) is 16.5. The number of amides is 1. The first-order valence-electron chi connectivity index (χ1n) is 10.6. The molecule has 4 aromatic rings. The van der Waals surface area contributed by atoms with E-state index in [0.29, 0.717) is 38.7 Å². The highest BCUT2D eigenvalue weighted by Gasteiger charge is 2.34. The number of aryl methyl sites for hydroxylation is 1. The third kappa shape index (κ3) is 3.70. The van der Waals surface area contributed by atoms with Crippen molar-refractivity contribution in [1.29, 1.82) is 0 Å². The number of anilines is 1. The Hall–Kier alpha value is -3.43. The highest BCUT2D eigenvalue weighted by molar-refractivity contribution is 7.90. The number of fused-ring (bicyclic) bond motifs is 2. The van der Waals surface area contributed by atoms with Gasteiger partial charge < -0.3 is 13.7 Å². The van der Waals surface area contributed by atoms with Crippen LogP contribution >= 0.6 is 0 Å². The highest BCUT2D eigenvalue weighted by Crippen LogP contribution is 2.37. The second-order valence-corrected chi connectivity index (χ2v) is 9.54. The van der Waals surface area contributed by atoms with E-state index in [1.165, 1.54) is 23.1 Å². The first kappa shape index (κ1) is 22.4. The molecule has 1 aliphatic rings. The molecule has 1 unspecified atom stereocenters. The van der Waals surface area contributed by atoms with E-state index in [9.17, 15) is 18.1 Å². The van der Waals surface area contributed by atoms with Crippen LogP contribution in [0.5, 0.6) is 5.75 Å². The highest BCUT2D eigenvalue weighted by atomic mass is 32.2. The topological polar surface area (TPSA) is 69.9 Å². The number of imidazole rings is 1. The molecule has 0 N–H and O–H groups in total. The Labute approximate surface area is 198 Å². The molecular weight excluding hydrogens is 460 g/mol. The molecule has 0 saturated carbocycles. The zero-order valence-electron chi connectivity index (χ0n) is 18.7. The lowest BCUT2D eigenvalue weighted by Gasteiger charge is -2.33. The van der Waals surface area contributed by atoms with E-state index < -0.39 is 28.9 Å². The summed E-state index contributed by atoms with van der Waals surface area (Å²) < 4.78 is 48.3. The van der Waals surface area contributed by atoms with E-state index in [4.69, 9.17) is 4.74 Å². The van der Waals surface area contributed by atoms with Crippen LogP contribution < -0.4 is 9.64 Å². The number of para-hydroxylation sites is 1. The second kappa shape index (κ2) is 8.41. The third-order valence-corrected chi connectivity index (χ3v) is 6.90. The summed E-state index contributed by atoms with van der Waals surface area (Å²) in [4.78, 5) is 19.6. The van der Waals surface area contributed by atoms with Gasteiger partial charge >= 0.3 is 0 Å². The smallest absolute Gasteiger partial charge is 0.268 e. The van der Waals surface area contributed by atoms with Gasteiger partial charge in [0.05, 0.1) is 23.6 Å². The van der Waals surface area contributed by atoms with Crippen LogP contribution in [0.1, 0.15) is 18.3 Å². The van der Waals surface area contributed by atoms with Gasteiger partial charge in [0.15, 0.2) is 22.6 Å². The molecule has 6 nitrogen and oxygen atoms in total. The number of halogens is 2. The number of carbonyl (C=O) groups is 1. The van der Waals surface area contributed by atoms with E-state index in [2.05, 4.69) is 4.98 Å². The Morgan fingerprint density at radius 2 is 1.88 bits per heavy atom. The Kier molecular flexibility index (Phi) is 5.53. The largest absolute Gasteiger partial charge is 0.612 e. The summed E-state index contributed by atoms with van der Waals surface area (Å²) in [5.41, 5.74) is 2.98. The van der Waals surface area contributed by atoms with Gasteiger partial charge in [-0.05, 0) is 67.0 Å². The van der Waals surface area contributed by atoms with Crippen molar-refractivity contribution in [2.24, 2.45) is 0 Å². The van der Waals surface area contributed by atoms with Gasteiger partial charge in [0.25, 0.3) is 5.91 Å². The molecule has 0 radical (unpaired) electrons. The molecule has 1 amide bonds. The van der Waals surface area contributed by atoms with Crippen LogP contribution in [-0.4, -0.2) is 32.2 Å². The minimum absolute atomic E-state index is 0.0289. The van der Waals surface area contributed by atoms with Gasteiger partial charge in [-0.2, -0.15) is 0 Å². The van der Waals surface area contributed by atoms with Crippen molar-refractivity contribution < 1.29 is 22.9 Å². The average molecular weight is 482 g/mol. The van der Waals surface area contributed by atoms with Crippen LogP contribution in [0.3, 0.4) is 0 Å². The first-order valence-corrected chi connectivity index (χ1v) is 12.2. The summed E-state index contributed by atoms with van der Waals surface area (Å²) in [6.07, 6.45) is 2.37. The number of benzene rings is 2. The number of rotatable bonds is 4. The fraction of sp³-hybridized carbons (Fsp3) is 0.200. The fourth-order valence-electron chi connectivity index (χ4n) is 4.16. The molecule has 174 valence electrons. The number of pyridine rings is 1. The average Bonchev–Trinajstić information content (AvgIpc) is 3.10. The van der Waals surface area contributed by atoms with Crippen LogP contribution in [0.4, 0.5) is 14.5 Å². The zero-order valence-corrected chi connectivity index (χ0v) is 19.5. The molecule has 34 heavy (non-hydrogen) atoms. The molecule has 0 saturated heterocycles. The Bertz CT molecular complexity index is 1420. The van der Waals surface area contributed by atoms with Crippen molar-refractivity contribution in [3.63, 3.8) is 0 Å². The van der Waals surface area contributed by atoms with Gasteiger partial charge in [-0.25, -0.2) is 13.8 Å². The van der Waals surface area contributed by atoms with Gasteiger partial charge in [-0.3, -0.25) is 9.69 Å². The monoisotopic (exact) mass is 481 g/mol. The Balaban J connectivity index is 1.60. The van der Waals surface area contributed by atoms with Gasteiger partial charge in [0, 0.05) is 17.8 Å². The summed E-state index contributed by atoms with van der Waals surface area (Å²) >= 11 is -1.14. The minimum Gasteiger partial charge on any atom is -0.612 e. The number of hydrogen-bond donors (Lipinski definition) is 0. The number of carbonyl (C=O) groups excluding carboxylic acids is 1. The third-order valence-electron chi connectivity index (χ3n) is 5.96. The first-order chi connectivity index (χ1) is 16.2. The Morgan fingerprint density at radius 3 is 2.59 bits per heavy atom. The summed E-state index contributed by atoms with van der Waals surface area (Å²) in [6.45, 7) is 3.47. The number of nitrogens with zero attached hydrogens (tertiary/aromatic N) is 3. The zero-order chi connectivity index (χ0) is 24.1. The van der Waals surface area contributed by atoms with Crippen LogP contribution in [-0.2, 0) is 22.5 Å². The van der Waals surface area contributed by atoms with E-state index in [-0.39, 0.29) is 18.2 Å². The molecule has 2 aromatic heterocycles. The van der Waals surface area contributed by atoms with E-state index in [1.54, 1.807) is 61.0 Å². The van der Waals surface area contributed by atoms with Gasteiger partial charge in [-0.15, -0.1) is 0 Å². The summed E-state index contributed by atoms with van der Waals surface area (Å²) in [7, 11) is 0. The molecule has 0 fully saturated rings. The SMILES string of the molecule is Cc1nc2cc(F)c(-c3ccc([S+](C)[O-])cc3)cn2c1CN1C(=O)[C@@H](C)Oc2c(F)cccc21. The van der Waals surface area contributed by atoms with Crippen molar-refractivity contribution in [2.45, 2.75) is 31.4 Å².